The summed E-state index contributed by atoms with van der Waals surface area (Å²) in [4.78, 5) is 23.1. The second kappa shape index (κ2) is 5.66. The number of hydrogen-bond acceptors (Lipinski definition) is 4. The third kappa shape index (κ3) is 3.00. The summed E-state index contributed by atoms with van der Waals surface area (Å²) in [6.45, 7) is 1.48. The third-order valence-electron chi connectivity index (χ3n) is 3.40. The number of ether oxygens (including phenoxy) is 1. The van der Waals surface area contributed by atoms with Crippen LogP contribution in [0.2, 0.25) is 0 Å². The highest BCUT2D eigenvalue weighted by Gasteiger charge is 2.30. The van der Waals surface area contributed by atoms with Crippen molar-refractivity contribution in [3.05, 3.63) is 35.4 Å². The quantitative estimate of drug-likeness (QED) is 0.616. The fourth-order valence-electron chi connectivity index (χ4n) is 2.26. The fraction of sp³-hybridized carbons (Fsp3) is 0.400. The van der Waals surface area contributed by atoms with Crippen LogP contribution in [0, 0.1) is 17.2 Å². The molecule has 0 bridgehead atoms. The van der Waals surface area contributed by atoms with Gasteiger partial charge in [0.05, 0.1) is 17.6 Å². The Labute approximate surface area is 112 Å². The largest absolute Gasteiger partial charge is 0.457 e. The van der Waals surface area contributed by atoms with Gasteiger partial charge in [-0.05, 0) is 38.3 Å². The molecule has 2 atom stereocenters. The molecule has 1 saturated carbocycles. The summed E-state index contributed by atoms with van der Waals surface area (Å²) in [6, 6.07) is 8.54. The van der Waals surface area contributed by atoms with Gasteiger partial charge in [-0.25, -0.2) is 4.79 Å². The maximum Gasteiger partial charge on any atom is 0.338 e. The highest BCUT2D eigenvalue weighted by molar-refractivity contribution is 5.96. The molecule has 19 heavy (non-hydrogen) atoms. The Morgan fingerprint density at radius 3 is 2.42 bits per heavy atom. The zero-order valence-corrected chi connectivity index (χ0v) is 10.8. The monoisotopic (exact) mass is 257 g/mol. The van der Waals surface area contributed by atoms with Gasteiger partial charge in [0, 0.05) is 5.56 Å². The summed E-state index contributed by atoms with van der Waals surface area (Å²) >= 11 is 0. The lowest BCUT2D eigenvalue weighted by Crippen LogP contribution is -2.21. The second-order valence-corrected chi connectivity index (χ2v) is 4.74. The van der Waals surface area contributed by atoms with E-state index in [4.69, 9.17) is 10.00 Å². The number of hydrogen-bond donors (Lipinski definition) is 0. The molecule has 0 amide bonds. The van der Waals surface area contributed by atoms with Crippen molar-refractivity contribution in [2.45, 2.75) is 32.3 Å². The van der Waals surface area contributed by atoms with E-state index >= 15 is 0 Å². The van der Waals surface area contributed by atoms with E-state index in [1.54, 1.807) is 24.3 Å². The van der Waals surface area contributed by atoms with Crippen LogP contribution < -0.4 is 0 Å². The van der Waals surface area contributed by atoms with Gasteiger partial charge in [0.1, 0.15) is 6.10 Å². The molecule has 0 spiro atoms. The molecular formula is C15H15NO3. The predicted molar refractivity (Wildman–Crippen MR) is 68.6 cm³/mol. The molecule has 1 aromatic carbocycles. The van der Waals surface area contributed by atoms with Crippen molar-refractivity contribution in [1.82, 2.24) is 0 Å². The van der Waals surface area contributed by atoms with Gasteiger partial charge >= 0.3 is 5.97 Å². The van der Waals surface area contributed by atoms with Gasteiger partial charge in [0.15, 0.2) is 5.78 Å². The highest BCUT2D eigenvalue weighted by Crippen LogP contribution is 2.28. The lowest BCUT2D eigenvalue weighted by atomic mass is 10.1. The summed E-state index contributed by atoms with van der Waals surface area (Å²) in [6.07, 6.45) is 2.15. The molecular weight excluding hydrogens is 242 g/mol. The molecule has 0 heterocycles. The Bertz CT molecular complexity index is 527. The average Bonchev–Trinajstić information content (AvgIpc) is 2.86. The second-order valence-electron chi connectivity index (χ2n) is 4.74. The number of Topliss-reactive ketones (excluding diaryl/α,β-unsaturated/α-hetero) is 1. The lowest BCUT2D eigenvalue weighted by molar-refractivity contribution is 0.0259. The van der Waals surface area contributed by atoms with Gasteiger partial charge in [0.25, 0.3) is 0 Å². The van der Waals surface area contributed by atoms with Crippen LogP contribution in [0.3, 0.4) is 0 Å². The van der Waals surface area contributed by atoms with Gasteiger partial charge in [-0.15, -0.1) is 0 Å². The van der Waals surface area contributed by atoms with Crippen LogP contribution >= 0.6 is 0 Å². The SMILES string of the molecule is CC(=O)c1ccc(C(=O)OC2CCCC2C#N)cc1. The van der Waals surface area contributed by atoms with E-state index in [-0.39, 0.29) is 17.8 Å². The number of benzene rings is 1. The first-order valence-electron chi connectivity index (χ1n) is 6.33. The molecule has 1 aliphatic rings. The number of esters is 1. The predicted octanol–water partition coefficient (Wildman–Crippen LogP) is 2.74. The Hall–Kier alpha value is -2.15. The van der Waals surface area contributed by atoms with Gasteiger partial charge in [-0.1, -0.05) is 12.1 Å². The van der Waals surface area contributed by atoms with Crippen molar-refractivity contribution in [3.63, 3.8) is 0 Å². The summed E-state index contributed by atoms with van der Waals surface area (Å²) in [5, 5.41) is 8.94. The third-order valence-corrected chi connectivity index (χ3v) is 3.40. The normalized spacial score (nSPS) is 21.7. The fourth-order valence-corrected chi connectivity index (χ4v) is 2.26. The van der Waals surface area contributed by atoms with Crippen LogP contribution in [0.5, 0.6) is 0 Å². The van der Waals surface area contributed by atoms with Crippen molar-refractivity contribution in [1.29, 1.82) is 5.26 Å². The van der Waals surface area contributed by atoms with Crippen molar-refractivity contribution in [2.75, 3.05) is 0 Å². The first kappa shape index (κ1) is 13.3. The molecule has 4 nitrogen and oxygen atoms in total. The van der Waals surface area contributed by atoms with Crippen LogP contribution in [0.1, 0.15) is 46.9 Å². The molecule has 4 heteroatoms. The van der Waals surface area contributed by atoms with Gasteiger partial charge in [-0.2, -0.15) is 5.26 Å². The number of rotatable bonds is 3. The number of carbonyl (C=O) groups excluding carboxylic acids is 2. The van der Waals surface area contributed by atoms with Crippen molar-refractivity contribution < 1.29 is 14.3 Å². The van der Waals surface area contributed by atoms with E-state index in [0.717, 1.165) is 19.3 Å². The maximum atomic E-state index is 11.9. The molecule has 0 aromatic heterocycles. The summed E-state index contributed by atoms with van der Waals surface area (Å²) < 4.78 is 5.35. The number of nitrogens with zero attached hydrogens (tertiary/aromatic N) is 1. The van der Waals surface area contributed by atoms with Gasteiger partial charge < -0.3 is 4.74 Å². The van der Waals surface area contributed by atoms with E-state index in [2.05, 4.69) is 6.07 Å². The summed E-state index contributed by atoms with van der Waals surface area (Å²) in [7, 11) is 0. The van der Waals surface area contributed by atoms with Crippen LogP contribution in [0.15, 0.2) is 24.3 Å². The van der Waals surface area contributed by atoms with Gasteiger partial charge in [-0.3, -0.25) is 4.79 Å². The van der Waals surface area contributed by atoms with E-state index in [9.17, 15) is 9.59 Å². The molecule has 2 unspecified atom stereocenters. The van der Waals surface area contributed by atoms with E-state index < -0.39 is 5.97 Å². The molecule has 98 valence electrons. The lowest BCUT2D eigenvalue weighted by Gasteiger charge is -2.14. The molecule has 1 aromatic rings. The van der Waals surface area contributed by atoms with E-state index in [0.29, 0.717) is 11.1 Å². The molecule has 2 rings (SSSR count). The minimum atomic E-state index is -0.428. The number of nitriles is 1. The van der Waals surface area contributed by atoms with E-state index in [1.165, 1.54) is 6.92 Å². The summed E-state index contributed by atoms with van der Waals surface area (Å²) in [5.41, 5.74) is 0.973. The molecule has 1 aliphatic carbocycles. The molecule has 0 N–H and O–H groups in total. The minimum Gasteiger partial charge on any atom is -0.457 e. The minimum absolute atomic E-state index is 0.0414. The Morgan fingerprint density at radius 2 is 1.84 bits per heavy atom. The number of ketones is 1. The highest BCUT2D eigenvalue weighted by atomic mass is 16.5. The topological polar surface area (TPSA) is 67.2 Å². The first-order chi connectivity index (χ1) is 9.11. The molecule has 0 radical (unpaired) electrons. The van der Waals surface area contributed by atoms with Crippen molar-refractivity contribution in [3.8, 4) is 6.07 Å². The first-order valence-corrected chi connectivity index (χ1v) is 6.33. The smallest absolute Gasteiger partial charge is 0.338 e. The van der Waals surface area contributed by atoms with Crippen LogP contribution in [-0.2, 0) is 4.74 Å². The molecule has 0 saturated heterocycles. The molecule has 0 aliphatic heterocycles. The Morgan fingerprint density at radius 1 is 1.21 bits per heavy atom. The average molecular weight is 257 g/mol. The van der Waals surface area contributed by atoms with Crippen LogP contribution in [0.4, 0.5) is 0 Å². The number of carbonyl (C=O) groups is 2. The standard InChI is InChI=1S/C15H15NO3/c1-10(17)11-5-7-12(8-6-11)15(18)19-14-4-2-3-13(14)9-16/h5-8,13-14H,2-4H2,1H3. The zero-order chi connectivity index (χ0) is 13.8. The zero-order valence-electron chi connectivity index (χ0n) is 10.8. The van der Waals surface area contributed by atoms with E-state index in [1.807, 2.05) is 0 Å². The summed E-state index contributed by atoms with van der Waals surface area (Å²) in [5.74, 6) is -0.664. The van der Waals surface area contributed by atoms with Crippen molar-refractivity contribution >= 4 is 11.8 Å². The Balaban J connectivity index is 2.04. The molecule has 1 fully saturated rings. The maximum absolute atomic E-state index is 11.9. The van der Waals surface area contributed by atoms with Crippen LogP contribution in [0.25, 0.3) is 0 Å². The van der Waals surface area contributed by atoms with Crippen LogP contribution in [-0.4, -0.2) is 17.9 Å². The Kier molecular flexibility index (Phi) is 3.96. The van der Waals surface area contributed by atoms with Crippen molar-refractivity contribution in [2.24, 2.45) is 5.92 Å². The van der Waals surface area contributed by atoms with Gasteiger partial charge in [0.2, 0.25) is 0 Å².